The zero-order chi connectivity index (χ0) is 13.5. The lowest BCUT2D eigenvalue weighted by Crippen LogP contribution is -2.25. The van der Waals surface area contributed by atoms with E-state index in [1.54, 1.807) is 0 Å². The molecule has 0 fully saturated rings. The van der Waals surface area contributed by atoms with E-state index in [0.29, 0.717) is 5.92 Å². The first-order chi connectivity index (χ1) is 8.47. The van der Waals surface area contributed by atoms with Gasteiger partial charge >= 0.3 is 0 Å². The van der Waals surface area contributed by atoms with E-state index in [1.807, 2.05) is 0 Å². The highest BCUT2D eigenvalue weighted by Gasteiger charge is 2.05. The Labute approximate surface area is 112 Å². The lowest BCUT2D eigenvalue weighted by Gasteiger charge is -2.16. The van der Waals surface area contributed by atoms with Gasteiger partial charge in [-0.3, -0.25) is 0 Å². The number of aryl methyl sites for hydroxylation is 2. The second-order valence-corrected chi connectivity index (χ2v) is 5.64. The summed E-state index contributed by atoms with van der Waals surface area (Å²) in [6.07, 6.45) is 1.30. The maximum Gasteiger partial charge on any atom is 0.120 e. The average Bonchev–Trinajstić information content (AvgIpc) is 2.22. The van der Waals surface area contributed by atoms with Crippen LogP contribution in [0, 0.1) is 19.8 Å². The van der Waals surface area contributed by atoms with Crippen molar-refractivity contribution in [1.82, 2.24) is 5.32 Å². The first kappa shape index (κ1) is 15.0. The highest BCUT2D eigenvalue weighted by atomic mass is 16.5. The minimum Gasteiger partial charge on any atom is -0.491 e. The van der Waals surface area contributed by atoms with Gasteiger partial charge in [-0.25, -0.2) is 0 Å². The number of hydrogen-bond donors (Lipinski definition) is 1. The zero-order valence-corrected chi connectivity index (χ0v) is 12.4. The molecule has 1 atom stereocenters. The second kappa shape index (κ2) is 7.42. The molecule has 0 saturated heterocycles. The van der Waals surface area contributed by atoms with Gasteiger partial charge in [-0.15, -0.1) is 0 Å². The van der Waals surface area contributed by atoms with E-state index in [9.17, 15) is 0 Å². The third kappa shape index (κ3) is 6.06. The molecule has 0 aliphatic rings. The molecule has 0 amide bonds. The molecule has 2 heteroatoms. The van der Waals surface area contributed by atoms with E-state index < -0.39 is 0 Å². The smallest absolute Gasteiger partial charge is 0.120 e. The van der Waals surface area contributed by atoms with E-state index in [2.05, 4.69) is 58.1 Å². The van der Waals surface area contributed by atoms with Crippen molar-refractivity contribution in [2.75, 3.05) is 13.1 Å². The Kier molecular flexibility index (Phi) is 6.20. The summed E-state index contributed by atoms with van der Waals surface area (Å²) in [6.45, 7) is 12.9. The fourth-order valence-electron chi connectivity index (χ4n) is 1.99. The number of hydrogen-bond acceptors (Lipinski definition) is 2. The summed E-state index contributed by atoms with van der Waals surface area (Å²) in [4.78, 5) is 0. The van der Waals surface area contributed by atoms with Crippen LogP contribution in [0.4, 0.5) is 0 Å². The van der Waals surface area contributed by atoms with Crippen LogP contribution in [0.15, 0.2) is 18.2 Å². The molecular formula is C16H27NO. The highest BCUT2D eigenvalue weighted by molar-refractivity contribution is 5.33. The molecule has 0 aromatic heterocycles. The number of ether oxygens (including phenoxy) is 1. The zero-order valence-electron chi connectivity index (χ0n) is 12.4. The summed E-state index contributed by atoms with van der Waals surface area (Å²) >= 11 is 0. The van der Waals surface area contributed by atoms with Crippen molar-refractivity contribution in [2.45, 2.75) is 47.1 Å². The van der Waals surface area contributed by atoms with Crippen molar-refractivity contribution in [3.63, 3.8) is 0 Å². The maximum absolute atomic E-state index is 5.94. The molecule has 0 saturated carbocycles. The first-order valence-corrected chi connectivity index (χ1v) is 6.93. The minimum atomic E-state index is 0.255. The summed E-state index contributed by atoms with van der Waals surface area (Å²) in [5.74, 6) is 1.70. The number of nitrogens with one attached hydrogen (secondary N) is 1. The van der Waals surface area contributed by atoms with Crippen LogP contribution >= 0.6 is 0 Å². The van der Waals surface area contributed by atoms with E-state index in [1.165, 1.54) is 11.1 Å². The maximum atomic E-state index is 5.94. The van der Waals surface area contributed by atoms with Crippen LogP contribution in [-0.2, 0) is 0 Å². The summed E-state index contributed by atoms with van der Waals surface area (Å²) < 4.78 is 5.94. The number of rotatable bonds is 7. The van der Waals surface area contributed by atoms with Crippen molar-refractivity contribution in [3.8, 4) is 5.75 Å². The Morgan fingerprint density at radius 1 is 1.06 bits per heavy atom. The molecule has 1 unspecified atom stereocenters. The Balaban J connectivity index is 2.33. The van der Waals surface area contributed by atoms with E-state index >= 15 is 0 Å². The van der Waals surface area contributed by atoms with E-state index in [4.69, 9.17) is 4.74 Å². The number of benzene rings is 1. The predicted octanol–water partition coefficient (Wildman–Crippen LogP) is 3.71. The highest BCUT2D eigenvalue weighted by Crippen LogP contribution is 2.18. The lowest BCUT2D eigenvalue weighted by molar-refractivity contribution is 0.209. The van der Waals surface area contributed by atoms with Gasteiger partial charge < -0.3 is 10.1 Å². The van der Waals surface area contributed by atoms with Gasteiger partial charge in [0.25, 0.3) is 0 Å². The molecule has 1 aromatic carbocycles. The molecule has 0 radical (unpaired) electrons. The van der Waals surface area contributed by atoms with Crippen LogP contribution in [0.5, 0.6) is 5.75 Å². The normalized spacial score (nSPS) is 12.8. The van der Waals surface area contributed by atoms with Gasteiger partial charge in [-0.05, 0) is 69.5 Å². The Morgan fingerprint density at radius 2 is 1.67 bits per heavy atom. The fraction of sp³-hybridized carbons (Fsp3) is 0.625. The van der Waals surface area contributed by atoms with Crippen LogP contribution in [0.1, 0.15) is 38.3 Å². The SMILES string of the molecule is Cc1cc(C)cc(OC(C)CCNCC(C)C)c1. The quantitative estimate of drug-likeness (QED) is 0.744. The summed E-state index contributed by atoms with van der Waals surface area (Å²) in [5, 5.41) is 3.44. The monoisotopic (exact) mass is 249 g/mol. The van der Waals surface area contributed by atoms with Crippen LogP contribution in [-0.4, -0.2) is 19.2 Å². The van der Waals surface area contributed by atoms with Gasteiger partial charge in [0.15, 0.2) is 0 Å². The van der Waals surface area contributed by atoms with Crippen LogP contribution < -0.4 is 10.1 Å². The second-order valence-electron chi connectivity index (χ2n) is 5.64. The van der Waals surface area contributed by atoms with Crippen molar-refractivity contribution in [3.05, 3.63) is 29.3 Å². The van der Waals surface area contributed by atoms with E-state index in [-0.39, 0.29) is 6.10 Å². The molecule has 1 aromatic rings. The molecule has 2 nitrogen and oxygen atoms in total. The van der Waals surface area contributed by atoms with Crippen molar-refractivity contribution in [2.24, 2.45) is 5.92 Å². The summed E-state index contributed by atoms with van der Waals surface area (Å²) in [5.41, 5.74) is 2.52. The topological polar surface area (TPSA) is 21.3 Å². The van der Waals surface area contributed by atoms with Crippen molar-refractivity contribution in [1.29, 1.82) is 0 Å². The van der Waals surface area contributed by atoms with Gasteiger partial charge in [-0.1, -0.05) is 19.9 Å². The molecule has 0 aliphatic carbocycles. The van der Waals surface area contributed by atoms with Gasteiger partial charge in [0, 0.05) is 0 Å². The Bertz CT molecular complexity index is 340. The average molecular weight is 249 g/mol. The summed E-state index contributed by atoms with van der Waals surface area (Å²) in [7, 11) is 0. The standard InChI is InChI=1S/C16H27NO/c1-12(2)11-17-7-6-15(5)18-16-9-13(3)8-14(4)10-16/h8-10,12,15,17H,6-7,11H2,1-5H3. The predicted molar refractivity (Wildman–Crippen MR) is 78.3 cm³/mol. The van der Waals surface area contributed by atoms with Gasteiger partial charge in [0.05, 0.1) is 6.10 Å². The Hall–Kier alpha value is -1.02. The molecule has 0 aliphatic heterocycles. The first-order valence-electron chi connectivity index (χ1n) is 6.93. The molecule has 0 bridgehead atoms. The van der Waals surface area contributed by atoms with Gasteiger partial charge in [-0.2, -0.15) is 0 Å². The molecular weight excluding hydrogens is 222 g/mol. The summed E-state index contributed by atoms with van der Waals surface area (Å²) in [6, 6.07) is 6.37. The molecule has 1 rings (SSSR count). The fourth-order valence-corrected chi connectivity index (χ4v) is 1.99. The molecule has 0 spiro atoms. The van der Waals surface area contributed by atoms with Crippen LogP contribution in [0.25, 0.3) is 0 Å². The minimum absolute atomic E-state index is 0.255. The van der Waals surface area contributed by atoms with Crippen molar-refractivity contribution >= 4 is 0 Å². The van der Waals surface area contributed by atoms with Gasteiger partial charge in [0.2, 0.25) is 0 Å². The van der Waals surface area contributed by atoms with Crippen LogP contribution in [0.3, 0.4) is 0 Å². The Morgan fingerprint density at radius 3 is 2.22 bits per heavy atom. The molecule has 0 heterocycles. The van der Waals surface area contributed by atoms with Gasteiger partial charge in [0.1, 0.15) is 5.75 Å². The van der Waals surface area contributed by atoms with E-state index in [0.717, 1.165) is 25.3 Å². The third-order valence-electron chi connectivity index (χ3n) is 2.81. The molecule has 102 valence electrons. The largest absolute Gasteiger partial charge is 0.491 e. The lowest BCUT2D eigenvalue weighted by atomic mass is 10.1. The molecule has 1 N–H and O–H groups in total. The van der Waals surface area contributed by atoms with Crippen LogP contribution in [0.2, 0.25) is 0 Å². The molecule has 18 heavy (non-hydrogen) atoms. The van der Waals surface area contributed by atoms with Crippen molar-refractivity contribution < 1.29 is 4.74 Å². The third-order valence-corrected chi connectivity index (χ3v) is 2.81.